The highest BCUT2D eigenvalue weighted by Gasteiger charge is 2.22. The molecule has 1 aromatic heterocycles. The number of anilines is 3. The number of piperazine rings is 1. The summed E-state index contributed by atoms with van der Waals surface area (Å²) in [6.45, 7) is 2.99. The zero-order valence-corrected chi connectivity index (χ0v) is 16.4. The molecule has 1 saturated heterocycles. The van der Waals surface area contributed by atoms with Crippen LogP contribution in [0.15, 0.2) is 72.9 Å². The third-order valence-corrected chi connectivity index (χ3v) is 5.06. The average molecular weight is 388 g/mol. The number of rotatable bonds is 5. The van der Waals surface area contributed by atoms with Gasteiger partial charge in [-0.15, -0.1) is 0 Å². The second-order valence-electron chi connectivity index (χ2n) is 6.90. The van der Waals surface area contributed by atoms with Gasteiger partial charge in [0.1, 0.15) is 11.6 Å². The van der Waals surface area contributed by atoms with E-state index in [1.807, 2.05) is 53.4 Å². The largest absolute Gasteiger partial charge is 0.497 e. The average Bonchev–Trinajstić information content (AvgIpc) is 2.80. The van der Waals surface area contributed by atoms with E-state index in [-0.39, 0.29) is 5.91 Å². The second-order valence-corrected chi connectivity index (χ2v) is 6.90. The first-order valence-corrected chi connectivity index (χ1v) is 9.69. The molecule has 4 rings (SSSR count). The van der Waals surface area contributed by atoms with E-state index in [0.717, 1.165) is 30.2 Å². The fraction of sp³-hybridized carbons (Fsp3) is 0.217. The van der Waals surface area contributed by atoms with E-state index in [0.29, 0.717) is 24.5 Å². The lowest BCUT2D eigenvalue weighted by molar-refractivity contribution is 0.0746. The lowest BCUT2D eigenvalue weighted by Crippen LogP contribution is -2.48. The molecule has 0 unspecified atom stereocenters. The fourth-order valence-electron chi connectivity index (χ4n) is 3.44. The van der Waals surface area contributed by atoms with Crippen molar-refractivity contribution in [1.29, 1.82) is 0 Å². The number of pyridine rings is 1. The van der Waals surface area contributed by atoms with Crippen LogP contribution in [0.25, 0.3) is 0 Å². The highest BCUT2D eigenvalue weighted by Crippen LogP contribution is 2.21. The number of hydrogen-bond donors (Lipinski definition) is 1. The summed E-state index contributed by atoms with van der Waals surface area (Å²) in [5.74, 6) is 1.55. The number of aromatic nitrogens is 1. The van der Waals surface area contributed by atoms with Crippen molar-refractivity contribution in [2.24, 2.45) is 0 Å². The maximum absolute atomic E-state index is 13.0. The van der Waals surface area contributed by atoms with Gasteiger partial charge in [0.25, 0.3) is 5.91 Å². The predicted octanol–water partition coefficient (Wildman–Crippen LogP) is 3.80. The Balaban J connectivity index is 1.38. The van der Waals surface area contributed by atoms with Crippen LogP contribution in [0.4, 0.5) is 17.2 Å². The normalized spacial score (nSPS) is 13.8. The number of nitrogens with one attached hydrogen (secondary N) is 1. The van der Waals surface area contributed by atoms with Crippen LogP contribution in [0.5, 0.6) is 5.75 Å². The highest BCUT2D eigenvalue weighted by molar-refractivity contribution is 5.95. The minimum absolute atomic E-state index is 0.0397. The van der Waals surface area contributed by atoms with Gasteiger partial charge in [-0.3, -0.25) is 4.79 Å². The van der Waals surface area contributed by atoms with Crippen molar-refractivity contribution in [2.75, 3.05) is 43.5 Å². The molecule has 29 heavy (non-hydrogen) atoms. The molecule has 0 atom stereocenters. The molecule has 0 radical (unpaired) electrons. The lowest BCUT2D eigenvalue weighted by Gasteiger charge is -2.36. The number of ether oxygens (including phenoxy) is 1. The van der Waals surface area contributed by atoms with E-state index in [9.17, 15) is 4.79 Å². The maximum atomic E-state index is 13.0. The first-order chi connectivity index (χ1) is 14.2. The summed E-state index contributed by atoms with van der Waals surface area (Å²) in [6, 6.07) is 21.4. The molecule has 1 fully saturated rings. The number of benzene rings is 2. The van der Waals surface area contributed by atoms with Crippen molar-refractivity contribution in [3.05, 3.63) is 78.5 Å². The smallest absolute Gasteiger partial charge is 0.254 e. The van der Waals surface area contributed by atoms with E-state index >= 15 is 0 Å². The molecule has 1 amide bonds. The van der Waals surface area contributed by atoms with Gasteiger partial charge in [-0.2, -0.15) is 0 Å². The zero-order valence-electron chi connectivity index (χ0n) is 16.4. The van der Waals surface area contributed by atoms with Gasteiger partial charge >= 0.3 is 0 Å². The minimum Gasteiger partial charge on any atom is -0.497 e. The van der Waals surface area contributed by atoms with E-state index in [1.165, 1.54) is 0 Å². The molecule has 3 aromatic rings. The fourth-order valence-corrected chi connectivity index (χ4v) is 3.44. The van der Waals surface area contributed by atoms with Crippen molar-refractivity contribution in [1.82, 2.24) is 9.88 Å². The molecule has 1 aliphatic heterocycles. The summed E-state index contributed by atoms with van der Waals surface area (Å²) in [5, 5.41) is 3.24. The maximum Gasteiger partial charge on any atom is 0.254 e. The van der Waals surface area contributed by atoms with Crippen LogP contribution in [-0.4, -0.2) is 49.1 Å². The molecule has 1 aliphatic rings. The molecule has 0 bridgehead atoms. The standard InChI is InChI=1S/C23H24N4O2/c1-29-21-9-7-20(8-10-21)26-13-15-27(16-14-26)23(28)18-11-12-24-22(17-18)25-19-5-3-2-4-6-19/h2-12,17H,13-16H2,1H3,(H,24,25). The van der Waals surface area contributed by atoms with Crippen LogP contribution in [0.2, 0.25) is 0 Å². The minimum atomic E-state index is 0.0397. The van der Waals surface area contributed by atoms with Crippen LogP contribution in [0.1, 0.15) is 10.4 Å². The van der Waals surface area contributed by atoms with Crippen LogP contribution in [-0.2, 0) is 0 Å². The summed E-state index contributed by atoms with van der Waals surface area (Å²) < 4.78 is 5.22. The van der Waals surface area contributed by atoms with Gasteiger partial charge in [0.2, 0.25) is 0 Å². The number of hydrogen-bond acceptors (Lipinski definition) is 5. The molecule has 2 heterocycles. The molecule has 6 heteroatoms. The number of nitrogens with zero attached hydrogens (tertiary/aromatic N) is 3. The Hall–Kier alpha value is -3.54. The van der Waals surface area contributed by atoms with Gasteiger partial charge in [-0.1, -0.05) is 18.2 Å². The van der Waals surface area contributed by atoms with E-state index in [4.69, 9.17) is 4.74 Å². The Morgan fingerprint density at radius 2 is 1.69 bits per heavy atom. The van der Waals surface area contributed by atoms with Crippen LogP contribution in [0, 0.1) is 0 Å². The van der Waals surface area contributed by atoms with Gasteiger partial charge in [0, 0.05) is 49.3 Å². The van der Waals surface area contributed by atoms with Gasteiger partial charge in [-0.25, -0.2) is 4.98 Å². The first kappa shape index (κ1) is 18.8. The van der Waals surface area contributed by atoms with Crippen LogP contribution in [0.3, 0.4) is 0 Å². The molecular weight excluding hydrogens is 364 g/mol. The first-order valence-electron chi connectivity index (χ1n) is 9.69. The Morgan fingerprint density at radius 3 is 2.38 bits per heavy atom. The number of carbonyl (C=O) groups is 1. The SMILES string of the molecule is COc1ccc(N2CCN(C(=O)c3ccnc(Nc4ccccc4)c3)CC2)cc1. The van der Waals surface area contributed by atoms with Crippen LogP contribution >= 0.6 is 0 Å². The summed E-state index contributed by atoms with van der Waals surface area (Å²) in [4.78, 5) is 21.5. The Bertz CT molecular complexity index is 952. The molecule has 0 spiro atoms. The zero-order chi connectivity index (χ0) is 20.1. The third-order valence-electron chi connectivity index (χ3n) is 5.06. The summed E-state index contributed by atoms with van der Waals surface area (Å²) in [5.41, 5.74) is 2.74. The van der Waals surface area contributed by atoms with Gasteiger partial charge in [0.15, 0.2) is 0 Å². The van der Waals surface area contributed by atoms with Gasteiger partial charge in [-0.05, 0) is 48.5 Å². The van der Waals surface area contributed by atoms with Gasteiger partial charge in [0.05, 0.1) is 7.11 Å². The molecule has 0 aliphatic carbocycles. The third kappa shape index (κ3) is 4.48. The van der Waals surface area contributed by atoms with Crippen molar-refractivity contribution < 1.29 is 9.53 Å². The number of methoxy groups -OCH3 is 1. The highest BCUT2D eigenvalue weighted by atomic mass is 16.5. The predicted molar refractivity (Wildman–Crippen MR) is 115 cm³/mol. The summed E-state index contributed by atoms with van der Waals surface area (Å²) >= 11 is 0. The van der Waals surface area contributed by atoms with Gasteiger partial charge < -0.3 is 19.9 Å². The number of amides is 1. The number of para-hydroxylation sites is 1. The van der Waals surface area contributed by atoms with Crippen molar-refractivity contribution >= 4 is 23.1 Å². The quantitative estimate of drug-likeness (QED) is 0.721. The van der Waals surface area contributed by atoms with Crippen molar-refractivity contribution in [3.63, 3.8) is 0 Å². The molecular formula is C23H24N4O2. The topological polar surface area (TPSA) is 57.7 Å². The second kappa shape index (κ2) is 8.65. The van der Waals surface area contributed by atoms with E-state index in [1.54, 1.807) is 19.4 Å². The lowest BCUT2D eigenvalue weighted by atomic mass is 10.2. The molecule has 6 nitrogen and oxygen atoms in total. The monoisotopic (exact) mass is 388 g/mol. The number of carbonyl (C=O) groups excluding carboxylic acids is 1. The van der Waals surface area contributed by atoms with E-state index < -0.39 is 0 Å². The Labute approximate surface area is 170 Å². The molecule has 1 N–H and O–H groups in total. The molecule has 2 aromatic carbocycles. The summed E-state index contributed by atoms with van der Waals surface area (Å²) in [7, 11) is 1.67. The van der Waals surface area contributed by atoms with Crippen molar-refractivity contribution in [2.45, 2.75) is 0 Å². The Morgan fingerprint density at radius 1 is 0.966 bits per heavy atom. The van der Waals surface area contributed by atoms with Crippen molar-refractivity contribution in [3.8, 4) is 5.75 Å². The Kier molecular flexibility index (Phi) is 5.61. The molecule has 0 saturated carbocycles. The summed E-state index contributed by atoms with van der Waals surface area (Å²) in [6.07, 6.45) is 1.67. The molecule has 148 valence electrons. The van der Waals surface area contributed by atoms with Crippen LogP contribution < -0.4 is 15.0 Å². The van der Waals surface area contributed by atoms with E-state index in [2.05, 4.69) is 27.3 Å².